The van der Waals surface area contributed by atoms with Crippen molar-refractivity contribution < 1.29 is 71.6 Å². The van der Waals surface area contributed by atoms with Crippen LogP contribution >= 0.6 is 0 Å². The van der Waals surface area contributed by atoms with Crippen molar-refractivity contribution >= 4 is 53.4 Å². The molecule has 8 N–H and O–H groups in total. The number of amides is 8. The SMILES string of the molecule is COC(=O)[C@H](CC(C)C)NC(=O)[C@H](CC(C)C)NC(=O)C1(NC(=O)[C@H](CC(C)C)NC(=O)[C@H](CC(C)C)NC(=O)C2(NC(=O)[C@H](CC(C)C)NC(=O)[C@H](CC(C)C)NC(=O)OCc3ccccc3)COC(C)(C)OC2)COC(C)(C)OC1. The molecule has 6 atom stereocenters. The molecule has 2 aliphatic heterocycles. The van der Waals surface area contributed by atoms with Gasteiger partial charge in [-0.25, -0.2) is 9.59 Å². The van der Waals surface area contributed by atoms with E-state index in [2.05, 4.69) is 42.5 Å². The average Bonchev–Trinajstić information content (AvgIpc) is 3.46. The van der Waals surface area contributed by atoms with Crippen LogP contribution in [-0.4, -0.2) is 146 Å². The van der Waals surface area contributed by atoms with Crippen molar-refractivity contribution in [3.63, 3.8) is 0 Å². The molecule has 0 saturated carbocycles. The van der Waals surface area contributed by atoms with Crippen LogP contribution in [0.2, 0.25) is 0 Å². The maximum absolute atomic E-state index is 14.9. The third-order valence-corrected chi connectivity index (χ3v) is 13.6. The molecule has 1 aromatic rings. The molecule has 82 heavy (non-hydrogen) atoms. The van der Waals surface area contributed by atoms with Gasteiger partial charge in [0.1, 0.15) is 42.9 Å². The van der Waals surface area contributed by atoms with E-state index in [1.165, 1.54) is 7.11 Å². The van der Waals surface area contributed by atoms with Crippen LogP contribution in [0.5, 0.6) is 0 Å². The third-order valence-electron chi connectivity index (χ3n) is 13.6. The van der Waals surface area contributed by atoms with Crippen LogP contribution in [0, 0.1) is 35.5 Å². The summed E-state index contributed by atoms with van der Waals surface area (Å²) in [5.41, 5.74) is -3.14. The quantitative estimate of drug-likeness (QED) is 0.0495. The highest BCUT2D eigenvalue weighted by Crippen LogP contribution is 2.27. The number of ether oxygens (including phenoxy) is 6. The van der Waals surface area contributed by atoms with Gasteiger partial charge in [-0.15, -0.1) is 0 Å². The van der Waals surface area contributed by atoms with Crippen molar-refractivity contribution in [3.05, 3.63) is 35.9 Å². The summed E-state index contributed by atoms with van der Waals surface area (Å²) < 4.78 is 34.3. The fourth-order valence-electron chi connectivity index (χ4n) is 9.18. The van der Waals surface area contributed by atoms with Crippen LogP contribution in [0.15, 0.2) is 30.3 Å². The maximum Gasteiger partial charge on any atom is 0.408 e. The molecule has 23 nitrogen and oxygen atoms in total. The summed E-state index contributed by atoms with van der Waals surface area (Å²) in [5, 5.41) is 22.2. The Hall–Kier alpha value is -5.91. The summed E-state index contributed by atoms with van der Waals surface area (Å²) in [6, 6.07) is 1.94. The van der Waals surface area contributed by atoms with E-state index in [-0.39, 0.29) is 80.6 Å². The Morgan fingerprint density at radius 2 is 0.720 bits per heavy atom. The van der Waals surface area contributed by atoms with Gasteiger partial charge in [-0.3, -0.25) is 33.6 Å². The number of alkyl carbamates (subject to hydrolysis) is 1. The van der Waals surface area contributed by atoms with Crippen LogP contribution in [0.25, 0.3) is 0 Å². The zero-order chi connectivity index (χ0) is 61.9. The number of benzene rings is 1. The molecule has 2 heterocycles. The number of hydrogen-bond acceptors (Lipinski definition) is 15. The second kappa shape index (κ2) is 31.7. The highest BCUT2D eigenvalue weighted by molar-refractivity contribution is 6.00. The van der Waals surface area contributed by atoms with Gasteiger partial charge in [0.2, 0.25) is 29.5 Å². The molecule has 0 unspecified atom stereocenters. The number of hydrogen-bond donors (Lipinski definition) is 8. The Kier molecular flexibility index (Phi) is 27.2. The average molecular weight is 1160 g/mol. The standard InChI is InChI=1S/C59H98N8O15/c1-34(2)23-41(47(68)60-44(26-37(7)8)50(71)66-59(32-81-57(15,16)82-33-59)54(75)64-42(24-35(3)4)48(69)62-46(28-39(11)12)52(73)77-17)63-53(74)58(30-79-56(13,14)80-31-58)67-51(72)45(27-38(9)10)61-49(70)43(25-36(5)6)65-55(76)78-29-40-21-19-18-20-22-40/h18-22,34-39,41-46H,23-33H2,1-17H3,(H,60,68)(H,61,70)(H,62,69)(H,63,74)(H,64,75)(H,65,76)(H,66,71)(H,67,72)/t41-,42-,43-,44-,45-,46-/m0/s1. The number of carbonyl (C=O) groups is 9. The Bertz CT molecular complexity index is 2290. The molecule has 0 radical (unpaired) electrons. The molecule has 2 aliphatic rings. The normalized spacial score (nSPS) is 18.5. The first-order valence-electron chi connectivity index (χ1n) is 28.9. The Balaban J connectivity index is 1.95. The number of carbonyl (C=O) groups excluding carboxylic acids is 9. The number of esters is 1. The van der Waals surface area contributed by atoms with Crippen molar-refractivity contribution in [2.75, 3.05) is 33.5 Å². The summed E-state index contributed by atoms with van der Waals surface area (Å²) in [6.45, 7) is 27.2. The highest BCUT2D eigenvalue weighted by Gasteiger charge is 2.51. The van der Waals surface area contributed by atoms with E-state index < -0.39 is 139 Å². The lowest BCUT2D eigenvalue weighted by Gasteiger charge is -2.44. The summed E-state index contributed by atoms with van der Waals surface area (Å²) >= 11 is 0. The summed E-state index contributed by atoms with van der Waals surface area (Å²) in [7, 11) is 1.22. The third kappa shape index (κ3) is 23.0. The molecule has 0 spiro atoms. The smallest absolute Gasteiger partial charge is 0.408 e. The van der Waals surface area contributed by atoms with E-state index in [1.807, 2.05) is 101 Å². The van der Waals surface area contributed by atoms with Gasteiger partial charge in [-0.1, -0.05) is 113 Å². The molecule has 8 amide bonds. The summed E-state index contributed by atoms with van der Waals surface area (Å²) in [4.78, 5) is 127. The molecule has 3 rings (SSSR count). The van der Waals surface area contributed by atoms with E-state index in [1.54, 1.807) is 39.8 Å². The second-order valence-electron chi connectivity index (χ2n) is 25.4. The van der Waals surface area contributed by atoms with Gasteiger partial charge in [0, 0.05) is 0 Å². The number of nitrogens with one attached hydrogen (secondary N) is 8. The first-order chi connectivity index (χ1) is 38.1. The van der Waals surface area contributed by atoms with Crippen molar-refractivity contribution in [1.82, 2.24) is 42.5 Å². The molecular formula is C59H98N8O15. The Labute approximate surface area is 485 Å². The van der Waals surface area contributed by atoms with Crippen LogP contribution < -0.4 is 42.5 Å². The lowest BCUT2D eigenvalue weighted by Crippen LogP contribution is -2.72. The van der Waals surface area contributed by atoms with E-state index in [0.29, 0.717) is 0 Å². The molecule has 0 aromatic heterocycles. The molecule has 0 aliphatic carbocycles. The van der Waals surface area contributed by atoms with Crippen molar-refractivity contribution in [2.45, 2.75) is 215 Å². The van der Waals surface area contributed by atoms with E-state index in [0.717, 1.165) is 5.56 Å². The monoisotopic (exact) mass is 1160 g/mol. The van der Waals surface area contributed by atoms with Gasteiger partial charge in [0.15, 0.2) is 22.7 Å². The predicted octanol–water partition coefficient (Wildman–Crippen LogP) is 4.43. The van der Waals surface area contributed by atoms with Crippen LogP contribution in [-0.2, 0) is 73.4 Å². The Morgan fingerprint density at radius 3 is 1.04 bits per heavy atom. The highest BCUT2D eigenvalue weighted by atomic mass is 16.7. The van der Waals surface area contributed by atoms with E-state index in [4.69, 9.17) is 28.4 Å². The number of rotatable bonds is 30. The molecule has 2 saturated heterocycles. The van der Waals surface area contributed by atoms with Crippen molar-refractivity contribution in [3.8, 4) is 0 Å². The zero-order valence-electron chi connectivity index (χ0n) is 51.7. The van der Waals surface area contributed by atoms with Gasteiger partial charge in [-0.05, 0) is 107 Å². The zero-order valence-corrected chi connectivity index (χ0v) is 51.7. The van der Waals surface area contributed by atoms with Crippen LogP contribution in [0.4, 0.5) is 4.79 Å². The minimum absolute atomic E-state index is 0.00943. The lowest BCUT2D eigenvalue weighted by molar-refractivity contribution is -0.267. The molecule has 2 fully saturated rings. The Morgan fingerprint density at radius 1 is 0.427 bits per heavy atom. The summed E-state index contributed by atoms with van der Waals surface area (Å²) in [6.07, 6.45) is 0.0599. The van der Waals surface area contributed by atoms with E-state index >= 15 is 0 Å². The first-order valence-corrected chi connectivity index (χ1v) is 28.9. The van der Waals surface area contributed by atoms with Crippen molar-refractivity contribution in [1.29, 1.82) is 0 Å². The fraction of sp³-hybridized carbons (Fsp3) is 0.746. The van der Waals surface area contributed by atoms with E-state index in [9.17, 15) is 43.2 Å². The summed E-state index contributed by atoms with van der Waals surface area (Å²) in [5.74, 6) is -8.99. The van der Waals surface area contributed by atoms with Crippen LogP contribution in [0.3, 0.4) is 0 Å². The lowest BCUT2D eigenvalue weighted by atomic mass is 9.93. The van der Waals surface area contributed by atoms with Gasteiger partial charge in [-0.2, -0.15) is 0 Å². The molecular weight excluding hydrogens is 1060 g/mol. The topological polar surface area (TPSA) is 305 Å². The van der Waals surface area contributed by atoms with Gasteiger partial charge in [0.25, 0.3) is 11.8 Å². The predicted molar refractivity (Wildman–Crippen MR) is 306 cm³/mol. The minimum Gasteiger partial charge on any atom is -0.467 e. The number of methoxy groups -OCH3 is 1. The van der Waals surface area contributed by atoms with Crippen molar-refractivity contribution in [2.24, 2.45) is 35.5 Å². The minimum atomic E-state index is -1.96. The molecule has 23 heteroatoms. The largest absolute Gasteiger partial charge is 0.467 e. The van der Waals surface area contributed by atoms with Gasteiger partial charge >= 0.3 is 12.1 Å². The second-order valence-corrected chi connectivity index (χ2v) is 25.4. The fourth-order valence-corrected chi connectivity index (χ4v) is 9.18. The van der Waals surface area contributed by atoms with Crippen LogP contribution in [0.1, 0.15) is 155 Å². The van der Waals surface area contributed by atoms with Gasteiger partial charge < -0.3 is 71.0 Å². The molecule has 1 aromatic carbocycles. The molecule has 0 bridgehead atoms. The molecule has 464 valence electrons. The maximum atomic E-state index is 14.9. The first kappa shape index (κ1) is 70.4. The van der Waals surface area contributed by atoms with Gasteiger partial charge in [0.05, 0.1) is 33.5 Å².